The molecule has 0 aliphatic rings. The van der Waals surface area contributed by atoms with Crippen LogP contribution in [0.3, 0.4) is 0 Å². The van der Waals surface area contributed by atoms with Gasteiger partial charge in [-0.05, 0) is 24.6 Å². The van der Waals surface area contributed by atoms with Crippen LogP contribution >= 0.6 is 11.6 Å². The lowest BCUT2D eigenvalue weighted by molar-refractivity contribution is 0.579. The summed E-state index contributed by atoms with van der Waals surface area (Å²) in [7, 11) is 0. The zero-order valence-electron chi connectivity index (χ0n) is 8.43. The first kappa shape index (κ1) is 12.0. The summed E-state index contributed by atoms with van der Waals surface area (Å²) < 4.78 is 12.8. The molecule has 0 aliphatic carbocycles. The van der Waals surface area contributed by atoms with Crippen molar-refractivity contribution in [1.29, 1.82) is 5.26 Å². The third kappa shape index (κ3) is 3.50. The minimum atomic E-state index is -0.340. The third-order valence-corrected chi connectivity index (χ3v) is 2.44. The van der Waals surface area contributed by atoms with Crippen LogP contribution < -0.4 is 5.32 Å². The normalized spacial score (nSPS) is 12.1. The van der Waals surface area contributed by atoms with E-state index in [1.807, 2.05) is 13.0 Å². The molecule has 1 aromatic rings. The number of nitriles is 1. The first-order valence-electron chi connectivity index (χ1n) is 4.70. The first-order valence-corrected chi connectivity index (χ1v) is 5.08. The zero-order chi connectivity index (χ0) is 11.3. The van der Waals surface area contributed by atoms with Gasteiger partial charge in [-0.1, -0.05) is 17.7 Å². The largest absolute Gasteiger partial charge is 0.309 e. The fourth-order valence-electron chi connectivity index (χ4n) is 1.31. The predicted molar refractivity (Wildman–Crippen MR) is 58.1 cm³/mol. The van der Waals surface area contributed by atoms with Gasteiger partial charge in [-0.15, -0.1) is 0 Å². The Morgan fingerprint density at radius 2 is 2.33 bits per heavy atom. The highest BCUT2D eigenvalue weighted by Gasteiger charge is 2.09. The Morgan fingerprint density at radius 1 is 1.60 bits per heavy atom. The van der Waals surface area contributed by atoms with Crippen molar-refractivity contribution in [3.05, 3.63) is 34.6 Å². The van der Waals surface area contributed by atoms with Gasteiger partial charge in [0.15, 0.2) is 0 Å². The van der Waals surface area contributed by atoms with Crippen LogP contribution in [0.1, 0.15) is 24.9 Å². The minimum Gasteiger partial charge on any atom is -0.309 e. The van der Waals surface area contributed by atoms with Gasteiger partial charge in [-0.2, -0.15) is 5.26 Å². The molecule has 1 aromatic carbocycles. The van der Waals surface area contributed by atoms with Crippen LogP contribution in [-0.4, -0.2) is 6.54 Å². The Balaban J connectivity index is 2.66. The molecule has 0 spiro atoms. The number of nitrogens with one attached hydrogen (secondary N) is 1. The monoisotopic (exact) mass is 226 g/mol. The third-order valence-electron chi connectivity index (χ3n) is 2.12. The van der Waals surface area contributed by atoms with Crippen molar-refractivity contribution >= 4 is 11.6 Å². The number of hydrogen-bond acceptors (Lipinski definition) is 2. The molecule has 4 heteroatoms. The van der Waals surface area contributed by atoms with Crippen LogP contribution in [0.5, 0.6) is 0 Å². The molecule has 0 saturated carbocycles. The summed E-state index contributed by atoms with van der Waals surface area (Å²) in [5, 5.41) is 11.9. The van der Waals surface area contributed by atoms with Crippen molar-refractivity contribution in [3.63, 3.8) is 0 Å². The summed E-state index contributed by atoms with van der Waals surface area (Å²) in [6.45, 7) is 2.53. The lowest BCUT2D eigenvalue weighted by Crippen LogP contribution is -2.19. The van der Waals surface area contributed by atoms with Crippen LogP contribution in [0.15, 0.2) is 18.2 Å². The van der Waals surface area contributed by atoms with Gasteiger partial charge >= 0.3 is 0 Å². The van der Waals surface area contributed by atoms with Gasteiger partial charge in [0.2, 0.25) is 0 Å². The van der Waals surface area contributed by atoms with Crippen molar-refractivity contribution in [2.45, 2.75) is 19.4 Å². The lowest BCUT2D eigenvalue weighted by atomic mass is 10.1. The second-order valence-electron chi connectivity index (χ2n) is 3.25. The highest BCUT2D eigenvalue weighted by Crippen LogP contribution is 2.23. The van der Waals surface area contributed by atoms with E-state index in [9.17, 15) is 4.39 Å². The molecule has 1 unspecified atom stereocenters. The molecular formula is C11H12ClFN2. The smallest absolute Gasteiger partial charge is 0.124 e. The molecule has 0 saturated heterocycles. The molecule has 80 valence electrons. The SMILES string of the molecule is CC(NCCC#N)c1ccc(F)cc1Cl. The van der Waals surface area contributed by atoms with E-state index in [1.165, 1.54) is 12.1 Å². The highest BCUT2D eigenvalue weighted by atomic mass is 35.5. The molecule has 1 N–H and O–H groups in total. The number of benzene rings is 1. The molecule has 0 radical (unpaired) electrons. The fourth-order valence-corrected chi connectivity index (χ4v) is 1.64. The van der Waals surface area contributed by atoms with Crippen molar-refractivity contribution in [2.75, 3.05) is 6.54 Å². The van der Waals surface area contributed by atoms with Crippen molar-refractivity contribution < 1.29 is 4.39 Å². The standard InChI is InChI=1S/C11H12ClFN2/c1-8(15-6-2-5-14)10-4-3-9(13)7-11(10)12/h3-4,7-8,15H,2,6H2,1H3. The van der Waals surface area contributed by atoms with Crippen LogP contribution in [0.2, 0.25) is 5.02 Å². The summed E-state index contributed by atoms with van der Waals surface area (Å²) in [4.78, 5) is 0. The van der Waals surface area contributed by atoms with Crippen LogP contribution in [-0.2, 0) is 0 Å². The molecule has 0 bridgehead atoms. The Labute approximate surface area is 93.7 Å². The lowest BCUT2D eigenvalue weighted by Gasteiger charge is -2.14. The Morgan fingerprint density at radius 3 is 2.93 bits per heavy atom. The molecule has 1 atom stereocenters. The number of halogens is 2. The van der Waals surface area contributed by atoms with Gasteiger partial charge in [0.05, 0.1) is 6.07 Å². The molecule has 0 aromatic heterocycles. The summed E-state index contributed by atoms with van der Waals surface area (Å²) in [5.74, 6) is -0.340. The van der Waals surface area contributed by atoms with Gasteiger partial charge in [-0.25, -0.2) is 4.39 Å². The molecule has 1 rings (SSSR count). The zero-order valence-corrected chi connectivity index (χ0v) is 9.18. The van der Waals surface area contributed by atoms with E-state index in [0.29, 0.717) is 18.0 Å². The van der Waals surface area contributed by atoms with E-state index in [-0.39, 0.29) is 11.9 Å². The summed E-state index contributed by atoms with van der Waals surface area (Å²) in [6, 6.07) is 6.39. The van der Waals surface area contributed by atoms with E-state index in [2.05, 4.69) is 5.32 Å². The number of nitrogens with zero attached hydrogens (tertiary/aromatic N) is 1. The summed E-state index contributed by atoms with van der Waals surface area (Å²) >= 11 is 5.89. The Bertz CT molecular complexity index is 373. The number of rotatable bonds is 4. The van der Waals surface area contributed by atoms with Crippen LogP contribution in [0, 0.1) is 17.1 Å². The van der Waals surface area contributed by atoms with E-state index in [4.69, 9.17) is 16.9 Å². The maximum atomic E-state index is 12.8. The molecule has 0 amide bonds. The quantitative estimate of drug-likeness (QED) is 0.801. The van der Waals surface area contributed by atoms with Gasteiger partial charge in [0, 0.05) is 24.0 Å². The maximum absolute atomic E-state index is 12.8. The van der Waals surface area contributed by atoms with Gasteiger partial charge < -0.3 is 5.32 Å². The maximum Gasteiger partial charge on any atom is 0.124 e. The van der Waals surface area contributed by atoms with Crippen molar-refractivity contribution in [1.82, 2.24) is 5.32 Å². The first-order chi connectivity index (χ1) is 7.15. The molecule has 2 nitrogen and oxygen atoms in total. The fraction of sp³-hybridized carbons (Fsp3) is 0.364. The summed E-state index contributed by atoms with van der Waals surface area (Å²) in [5.41, 5.74) is 0.844. The highest BCUT2D eigenvalue weighted by molar-refractivity contribution is 6.31. The van der Waals surface area contributed by atoms with Gasteiger partial charge in [0.1, 0.15) is 5.82 Å². The average molecular weight is 227 g/mol. The molecule has 0 fully saturated rings. The second-order valence-corrected chi connectivity index (χ2v) is 3.66. The predicted octanol–water partition coefficient (Wildman–Crippen LogP) is 3.04. The topological polar surface area (TPSA) is 35.8 Å². The average Bonchev–Trinajstić information content (AvgIpc) is 2.17. The molecular weight excluding hydrogens is 215 g/mol. The van der Waals surface area contributed by atoms with Gasteiger partial charge in [0.25, 0.3) is 0 Å². The van der Waals surface area contributed by atoms with E-state index >= 15 is 0 Å². The van der Waals surface area contributed by atoms with Crippen molar-refractivity contribution in [3.8, 4) is 6.07 Å². The second kappa shape index (κ2) is 5.69. The minimum absolute atomic E-state index is 0.0199. The molecule has 0 aliphatic heterocycles. The van der Waals surface area contributed by atoms with Crippen LogP contribution in [0.4, 0.5) is 4.39 Å². The molecule has 15 heavy (non-hydrogen) atoms. The van der Waals surface area contributed by atoms with E-state index in [1.54, 1.807) is 6.07 Å². The van der Waals surface area contributed by atoms with Gasteiger partial charge in [-0.3, -0.25) is 0 Å². The number of hydrogen-bond donors (Lipinski definition) is 1. The van der Waals surface area contributed by atoms with Crippen LogP contribution in [0.25, 0.3) is 0 Å². The van der Waals surface area contributed by atoms with Crippen molar-refractivity contribution in [2.24, 2.45) is 0 Å². The Hall–Kier alpha value is -1.11. The van der Waals surface area contributed by atoms with E-state index in [0.717, 1.165) is 5.56 Å². The Kier molecular flexibility index (Phi) is 4.54. The summed E-state index contributed by atoms with van der Waals surface area (Å²) in [6.07, 6.45) is 0.448. The molecule has 0 heterocycles. The van der Waals surface area contributed by atoms with E-state index < -0.39 is 0 Å².